The maximum absolute atomic E-state index is 12.2. The van der Waals surface area contributed by atoms with Gasteiger partial charge in [-0.05, 0) is 32.3 Å². The first kappa shape index (κ1) is 20.2. The van der Waals surface area contributed by atoms with Crippen LogP contribution in [-0.2, 0) is 25.4 Å². The van der Waals surface area contributed by atoms with E-state index in [0.717, 1.165) is 0 Å². The minimum atomic E-state index is -1.94. The number of carbonyl (C=O) groups excluding carboxylic acids is 1. The molecule has 0 fully saturated rings. The van der Waals surface area contributed by atoms with Gasteiger partial charge in [-0.1, -0.05) is 5.09 Å². The summed E-state index contributed by atoms with van der Waals surface area (Å²) in [6, 6.07) is 0. The number of carbonyl (C=O) groups is 1. The molecule has 0 radical (unpaired) electrons. The summed E-state index contributed by atoms with van der Waals surface area (Å²) in [7, 11) is -1.94. The van der Waals surface area contributed by atoms with E-state index in [-0.39, 0.29) is 19.1 Å². The monoisotopic (exact) mass is 383 g/mol. The molecule has 3 N–H and O–H groups in total. The molecule has 10 nitrogen and oxygen atoms in total. The van der Waals surface area contributed by atoms with Crippen molar-refractivity contribution in [3.05, 3.63) is 12.7 Å². The zero-order chi connectivity index (χ0) is 19.3. The summed E-state index contributed by atoms with van der Waals surface area (Å²) in [4.78, 5) is 24.1. The van der Waals surface area contributed by atoms with Gasteiger partial charge in [-0.15, -0.1) is 0 Å². The molecule has 26 heavy (non-hydrogen) atoms. The fourth-order valence-corrected chi connectivity index (χ4v) is 3.43. The van der Waals surface area contributed by atoms with Crippen LogP contribution in [0.25, 0.3) is 11.2 Å². The first-order valence-electron chi connectivity index (χ1n) is 8.17. The Morgan fingerprint density at radius 3 is 2.85 bits per heavy atom. The van der Waals surface area contributed by atoms with Gasteiger partial charge in [-0.25, -0.2) is 19.7 Å². The van der Waals surface area contributed by atoms with Crippen LogP contribution in [0.3, 0.4) is 0 Å². The smallest absolute Gasteiger partial charge is 0.461 e. The van der Waals surface area contributed by atoms with E-state index >= 15 is 0 Å². The van der Waals surface area contributed by atoms with Crippen molar-refractivity contribution < 1.29 is 18.8 Å². The third kappa shape index (κ3) is 4.94. The summed E-state index contributed by atoms with van der Waals surface area (Å²) in [5.41, 5.74) is 5.85. The Balaban J connectivity index is 1.88. The number of imidazole rings is 1. The highest BCUT2D eigenvalue weighted by Gasteiger charge is 2.37. The first-order chi connectivity index (χ1) is 12.2. The number of hydrogen-bond donors (Lipinski definition) is 2. The molecule has 0 aliphatic rings. The number of anilines is 1. The van der Waals surface area contributed by atoms with Gasteiger partial charge in [0.25, 0.3) is 6.35 Å². The van der Waals surface area contributed by atoms with Crippen LogP contribution in [-0.4, -0.2) is 50.1 Å². The largest absolute Gasteiger partial charge is 0.465 e. The third-order valence-electron chi connectivity index (χ3n) is 3.55. The molecule has 0 saturated carbocycles. The van der Waals surface area contributed by atoms with Crippen molar-refractivity contribution in [2.75, 3.05) is 18.7 Å². The summed E-state index contributed by atoms with van der Waals surface area (Å²) in [5.74, 6) is -0.144. The van der Waals surface area contributed by atoms with Crippen molar-refractivity contribution in [3.8, 4) is 0 Å². The molecular formula is C15H24N6O4P+. The second-order valence-corrected chi connectivity index (χ2v) is 7.51. The topological polar surface area (TPSA) is 134 Å². The van der Waals surface area contributed by atoms with E-state index in [1.165, 1.54) is 6.33 Å². The molecule has 2 aromatic rings. The van der Waals surface area contributed by atoms with Crippen LogP contribution >= 0.6 is 7.95 Å². The van der Waals surface area contributed by atoms with Crippen LogP contribution in [0.5, 0.6) is 0 Å². The number of nitrogens with one attached hydrogen (secondary N) is 1. The predicted molar refractivity (Wildman–Crippen MR) is 96.6 cm³/mol. The molecule has 2 heterocycles. The van der Waals surface area contributed by atoms with Crippen LogP contribution in [0.1, 0.15) is 27.7 Å². The standard InChI is InChI=1S/C15H24N6O4P/c1-5-24-14(22)15(3,4)20-26(23)9-25-10(2)6-21-8-19-11-12(16)17-7-18-13(11)21/h7-8,10H,5-6,9H2,1-4H3,(H,20,23)(H2,16,17,18)/q+1/t10-/m1/s1. The minimum Gasteiger partial charge on any atom is -0.465 e. The average molecular weight is 383 g/mol. The highest BCUT2D eigenvalue weighted by Crippen LogP contribution is 2.23. The van der Waals surface area contributed by atoms with Gasteiger partial charge in [-0.3, -0.25) is 0 Å². The molecule has 0 aliphatic heterocycles. The summed E-state index contributed by atoms with van der Waals surface area (Å²) < 4.78 is 24.5. The van der Waals surface area contributed by atoms with Crippen LogP contribution in [0.4, 0.5) is 5.82 Å². The molecular weight excluding hydrogens is 359 g/mol. The summed E-state index contributed by atoms with van der Waals surface area (Å²) >= 11 is 0. The number of esters is 1. The number of hydrogen-bond acceptors (Lipinski definition) is 8. The van der Waals surface area contributed by atoms with Gasteiger partial charge in [0.15, 0.2) is 17.0 Å². The molecule has 0 aromatic carbocycles. The number of nitrogens with zero attached hydrogens (tertiary/aromatic N) is 4. The lowest BCUT2D eigenvalue weighted by Gasteiger charge is -2.18. The van der Waals surface area contributed by atoms with Gasteiger partial charge in [0.2, 0.25) is 0 Å². The number of aromatic nitrogens is 4. The van der Waals surface area contributed by atoms with Crippen LogP contribution in [0.2, 0.25) is 0 Å². The quantitative estimate of drug-likeness (QED) is 0.487. The Labute approximate surface area is 152 Å². The highest BCUT2D eigenvalue weighted by molar-refractivity contribution is 7.42. The number of rotatable bonds is 9. The van der Waals surface area contributed by atoms with Crippen molar-refractivity contribution >= 4 is 30.9 Å². The first-order valence-corrected chi connectivity index (χ1v) is 9.61. The molecule has 0 bridgehead atoms. The summed E-state index contributed by atoms with van der Waals surface area (Å²) in [6.07, 6.45) is 2.69. The Morgan fingerprint density at radius 2 is 2.15 bits per heavy atom. The van der Waals surface area contributed by atoms with Gasteiger partial charge in [0.05, 0.1) is 25.6 Å². The molecule has 0 amide bonds. The molecule has 0 aliphatic carbocycles. The number of fused-ring (bicyclic) bond motifs is 1. The number of nitrogen functional groups attached to an aromatic ring is 1. The van der Waals surface area contributed by atoms with Crippen molar-refractivity contribution in [2.24, 2.45) is 0 Å². The fourth-order valence-electron chi connectivity index (χ4n) is 2.26. The summed E-state index contributed by atoms with van der Waals surface area (Å²) in [5, 5.41) is 2.75. The van der Waals surface area contributed by atoms with Crippen LogP contribution in [0.15, 0.2) is 12.7 Å². The van der Waals surface area contributed by atoms with Gasteiger partial charge in [-0.2, -0.15) is 0 Å². The van der Waals surface area contributed by atoms with Gasteiger partial charge in [0.1, 0.15) is 11.8 Å². The van der Waals surface area contributed by atoms with Crippen molar-refractivity contribution in [1.82, 2.24) is 24.6 Å². The molecule has 142 valence electrons. The molecule has 2 rings (SSSR count). The van der Waals surface area contributed by atoms with E-state index in [9.17, 15) is 9.36 Å². The molecule has 2 aromatic heterocycles. The lowest BCUT2D eigenvalue weighted by molar-refractivity contribution is -0.148. The lowest BCUT2D eigenvalue weighted by Crippen LogP contribution is -2.44. The molecule has 0 spiro atoms. The van der Waals surface area contributed by atoms with Crippen molar-refractivity contribution in [1.29, 1.82) is 0 Å². The van der Waals surface area contributed by atoms with Crippen molar-refractivity contribution in [2.45, 2.75) is 45.9 Å². The zero-order valence-electron chi connectivity index (χ0n) is 15.3. The van der Waals surface area contributed by atoms with Gasteiger partial charge in [0, 0.05) is 0 Å². The Hall–Kier alpha value is -2.16. The number of nitrogens with two attached hydrogens (primary N) is 1. The second kappa shape index (κ2) is 8.48. The van der Waals surface area contributed by atoms with E-state index in [1.807, 2.05) is 6.92 Å². The normalized spacial score (nSPS) is 13.6. The molecule has 2 atom stereocenters. The van der Waals surface area contributed by atoms with Crippen LogP contribution in [0, 0.1) is 0 Å². The van der Waals surface area contributed by atoms with E-state index in [0.29, 0.717) is 23.5 Å². The maximum atomic E-state index is 12.2. The fraction of sp³-hybridized carbons (Fsp3) is 0.600. The molecule has 11 heteroatoms. The zero-order valence-corrected chi connectivity index (χ0v) is 16.2. The number of ether oxygens (including phenoxy) is 2. The van der Waals surface area contributed by atoms with Gasteiger partial charge < -0.3 is 19.8 Å². The van der Waals surface area contributed by atoms with E-state index in [1.54, 1.807) is 31.7 Å². The van der Waals surface area contributed by atoms with Crippen molar-refractivity contribution in [3.63, 3.8) is 0 Å². The summed E-state index contributed by atoms with van der Waals surface area (Å²) in [6.45, 7) is 7.51. The second-order valence-electron chi connectivity index (χ2n) is 6.27. The minimum absolute atomic E-state index is 0.0386. The predicted octanol–water partition coefficient (Wildman–Crippen LogP) is 1.44. The van der Waals surface area contributed by atoms with E-state index in [2.05, 4.69) is 20.0 Å². The highest BCUT2D eigenvalue weighted by atomic mass is 31.1. The third-order valence-corrected chi connectivity index (χ3v) is 4.74. The maximum Gasteiger partial charge on any atom is 0.461 e. The Morgan fingerprint density at radius 1 is 1.42 bits per heavy atom. The van der Waals surface area contributed by atoms with E-state index in [4.69, 9.17) is 15.2 Å². The molecule has 1 unspecified atom stereocenters. The Kier molecular flexibility index (Phi) is 6.57. The SMILES string of the molecule is CCOC(=O)C(C)(C)N[P+](=O)CO[C@H](C)Cn1cnc2c(N)ncnc21. The molecule has 0 saturated heterocycles. The Bertz CT molecular complexity index is 794. The lowest BCUT2D eigenvalue weighted by atomic mass is 10.1. The average Bonchev–Trinajstić information content (AvgIpc) is 2.97. The van der Waals surface area contributed by atoms with Gasteiger partial charge >= 0.3 is 13.9 Å². The van der Waals surface area contributed by atoms with Crippen LogP contribution < -0.4 is 10.8 Å². The van der Waals surface area contributed by atoms with E-state index < -0.39 is 19.5 Å².